The second-order valence-electron chi connectivity index (χ2n) is 8.13. The Labute approximate surface area is 178 Å². The summed E-state index contributed by atoms with van der Waals surface area (Å²) >= 11 is 0. The molecule has 2 aromatic heterocycles. The first-order valence-electron chi connectivity index (χ1n) is 10.4. The fourth-order valence-electron chi connectivity index (χ4n) is 4.10. The number of allylic oxidation sites excluding steroid dienone is 4. The van der Waals surface area contributed by atoms with E-state index < -0.39 is 18.4 Å². The van der Waals surface area contributed by atoms with Gasteiger partial charge in [-0.25, -0.2) is 4.98 Å². The fourth-order valence-corrected chi connectivity index (χ4v) is 4.10. The average Bonchev–Trinajstić information content (AvgIpc) is 2.73. The molecule has 4 rings (SSSR count). The van der Waals surface area contributed by atoms with Gasteiger partial charge in [-0.1, -0.05) is 12.2 Å². The Kier molecular flexibility index (Phi) is 5.75. The zero-order chi connectivity index (χ0) is 22.2. The third kappa shape index (κ3) is 4.44. The van der Waals surface area contributed by atoms with Gasteiger partial charge in [0.25, 0.3) is 5.56 Å². The molecule has 0 aromatic carbocycles. The van der Waals surface area contributed by atoms with Gasteiger partial charge in [-0.15, -0.1) is 0 Å². The molecule has 2 N–H and O–H groups in total. The number of fused-ring (bicyclic) bond motifs is 1. The molecule has 0 saturated carbocycles. The first-order valence-corrected chi connectivity index (χ1v) is 10.4. The molecule has 0 amide bonds. The lowest BCUT2D eigenvalue weighted by Crippen LogP contribution is -2.48. The molecule has 5 nitrogen and oxygen atoms in total. The van der Waals surface area contributed by atoms with Crippen LogP contribution in [0.1, 0.15) is 55.5 Å². The van der Waals surface area contributed by atoms with Crippen molar-refractivity contribution >= 4 is 11.2 Å². The van der Waals surface area contributed by atoms with Crippen LogP contribution in [0.15, 0.2) is 53.1 Å². The summed E-state index contributed by atoms with van der Waals surface area (Å²) in [7, 11) is 0. The predicted molar refractivity (Wildman–Crippen MR) is 114 cm³/mol. The second-order valence-corrected chi connectivity index (χ2v) is 8.13. The van der Waals surface area contributed by atoms with Crippen molar-refractivity contribution < 1.29 is 13.2 Å². The van der Waals surface area contributed by atoms with Gasteiger partial charge in [0.1, 0.15) is 11.7 Å². The Hall–Kier alpha value is -2.87. The van der Waals surface area contributed by atoms with E-state index in [2.05, 4.69) is 15.6 Å². The van der Waals surface area contributed by atoms with Crippen molar-refractivity contribution in [3.8, 4) is 0 Å². The van der Waals surface area contributed by atoms with Crippen LogP contribution in [0.2, 0.25) is 0 Å². The average molecular weight is 430 g/mol. The van der Waals surface area contributed by atoms with Gasteiger partial charge < -0.3 is 5.32 Å². The van der Waals surface area contributed by atoms with Gasteiger partial charge in [-0.05, 0) is 74.6 Å². The van der Waals surface area contributed by atoms with Crippen LogP contribution in [0.5, 0.6) is 0 Å². The highest BCUT2D eigenvalue weighted by Crippen LogP contribution is 2.36. The van der Waals surface area contributed by atoms with Gasteiger partial charge in [0.05, 0.1) is 11.9 Å². The van der Waals surface area contributed by atoms with Gasteiger partial charge in [-0.2, -0.15) is 13.2 Å². The van der Waals surface area contributed by atoms with Crippen LogP contribution in [0.3, 0.4) is 0 Å². The molecule has 2 atom stereocenters. The SMILES string of the molecule is CC1=CC=CNC1NC(c1cc(C)cn2c(=O)cc(C3=CCCCC3)nc12)C(F)(F)F. The minimum atomic E-state index is -4.59. The topological polar surface area (TPSA) is 58.4 Å². The summed E-state index contributed by atoms with van der Waals surface area (Å²) in [5.74, 6) is 0. The smallest absolute Gasteiger partial charge is 0.372 e. The Morgan fingerprint density at radius 3 is 2.74 bits per heavy atom. The van der Waals surface area contributed by atoms with Crippen molar-refractivity contribution in [3.05, 3.63) is 75.5 Å². The van der Waals surface area contributed by atoms with E-state index in [-0.39, 0.29) is 16.8 Å². The number of pyridine rings is 1. The molecule has 2 unspecified atom stereocenters. The molecule has 2 aromatic rings. The van der Waals surface area contributed by atoms with Crippen molar-refractivity contribution in [2.24, 2.45) is 0 Å². The molecule has 8 heteroatoms. The van der Waals surface area contributed by atoms with Crippen molar-refractivity contribution in [2.75, 3.05) is 0 Å². The van der Waals surface area contributed by atoms with Gasteiger partial charge in [0, 0.05) is 17.8 Å². The molecule has 0 fully saturated rings. The number of aromatic nitrogens is 2. The molecule has 1 aliphatic heterocycles. The molecule has 0 saturated heterocycles. The largest absolute Gasteiger partial charge is 0.408 e. The van der Waals surface area contributed by atoms with Crippen LogP contribution >= 0.6 is 0 Å². The summed E-state index contributed by atoms with van der Waals surface area (Å²) < 4.78 is 44.0. The van der Waals surface area contributed by atoms with Crippen molar-refractivity contribution in [3.63, 3.8) is 0 Å². The molecule has 0 bridgehead atoms. The van der Waals surface area contributed by atoms with Crippen molar-refractivity contribution in [1.82, 2.24) is 20.0 Å². The van der Waals surface area contributed by atoms with E-state index in [1.54, 1.807) is 32.2 Å². The number of aryl methyl sites for hydroxylation is 1. The molecule has 1 aliphatic carbocycles. The Morgan fingerprint density at radius 2 is 2.06 bits per heavy atom. The molecule has 0 spiro atoms. The lowest BCUT2D eigenvalue weighted by Gasteiger charge is -2.30. The van der Waals surface area contributed by atoms with Gasteiger partial charge in [0.2, 0.25) is 0 Å². The molecular formula is C23H25F3N4O. The lowest BCUT2D eigenvalue weighted by molar-refractivity contribution is -0.159. The number of alkyl halides is 3. The standard InChI is InChI=1S/C23H25F3N4O/c1-14-11-17(20(23(24,25)26)29-21-15(2)7-6-10-27-21)22-28-18(12-19(31)30(22)13-14)16-8-4-3-5-9-16/h6-8,10-13,20-21,27,29H,3-5,9H2,1-2H3. The molecule has 3 heterocycles. The van der Waals surface area contributed by atoms with Crippen LogP contribution in [-0.2, 0) is 0 Å². The lowest BCUT2D eigenvalue weighted by atomic mass is 9.97. The second kappa shape index (κ2) is 8.34. The quantitative estimate of drug-likeness (QED) is 0.748. The highest BCUT2D eigenvalue weighted by Gasteiger charge is 2.43. The van der Waals surface area contributed by atoms with Crippen molar-refractivity contribution in [2.45, 2.75) is 57.9 Å². The Morgan fingerprint density at radius 1 is 1.26 bits per heavy atom. The van der Waals surface area contributed by atoms with Gasteiger partial charge >= 0.3 is 6.18 Å². The first kappa shape index (κ1) is 21.4. The van der Waals surface area contributed by atoms with Crippen LogP contribution in [0.4, 0.5) is 13.2 Å². The minimum absolute atomic E-state index is 0.0300. The fraction of sp³-hybridized carbons (Fsp3) is 0.391. The normalized spacial score (nSPS) is 20.2. The summed E-state index contributed by atoms with van der Waals surface area (Å²) in [4.78, 5) is 17.4. The van der Waals surface area contributed by atoms with Crippen LogP contribution in [0, 0.1) is 6.92 Å². The minimum Gasteiger partial charge on any atom is -0.372 e. The third-order valence-electron chi connectivity index (χ3n) is 5.69. The maximum Gasteiger partial charge on any atom is 0.408 e. The monoisotopic (exact) mass is 430 g/mol. The van der Waals surface area contributed by atoms with E-state index >= 15 is 0 Å². The van der Waals surface area contributed by atoms with E-state index in [9.17, 15) is 18.0 Å². The zero-order valence-electron chi connectivity index (χ0n) is 17.5. The number of dihydropyridines is 1. The summed E-state index contributed by atoms with van der Waals surface area (Å²) in [5, 5.41) is 5.59. The van der Waals surface area contributed by atoms with E-state index in [1.807, 2.05) is 6.08 Å². The third-order valence-corrected chi connectivity index (χ3v) is 5.69. The van der Waals surface area contributed by atoms with Crippen LogP contribution in [0.25, 0.3) is 11.2 Å². The summed E-state index contributed by atoms with van der Waals surface area (Å²) in [5.41, 5.74) is 2.25. The van der Waals surface area contributed by atoms with Crippen LogP contribution in [-0.4, -0.2) is 21.7 Å². The van der Waals surface area contributed by atoms with Crippen molar-refractivity contribution in [1.29, 1.82) is 0 Å². The van der Waals surface area contributed by atoms with Gasteiger partial charge in [-0.3, -0.25) is 14.5 Å². The van der Waals surface area contributed by atoms with E-state index in [0.29, 0.717) is 11.3 Å². The summed E-state index contributed by atoms with van der Waals surface area (Å²) in [6.07, 6.45) is 7.09. The maximum absolute atomic E-state index is 14.2. The first-order chi connectivity index (χ1) is 14.7. The number of halogens is 3. The summed E-state index contributed by atoms with van der Waals surface area (Å²) in [6, 6.07) is 0.880. The highest BCUT2D eigenvalue weighted by molar-refractivity contribution is 5.66. The predicted octanol–water partition coefficient (Wildman–Crippen LogP) is 4.54. The number of nitrogens with zero attached hydrogens (tertiary/aromatic N) is 2. The zero-order valence-corrected chi connectivity index (χ0v) is 17.5. The Bertz CT molecular complexity index is 1140. The summed E-state index contributed by atoms with van der Waals surface area (Å²) in [6.45, 7) is 3.43. The van der Waals surface area contributed by atoms with E-state index in [1.165, 1.54) is 22.7 Å². The number of hydrogen-bond donors (Lipinski definition) is 2. The molecule has 0 radical (unpaired) electrons. The van der Waals surface area contributed by atoms with Crippen LogP contribution < -0.4 is 16.2 Å². The number of nitrogens with one attached hydrogen (secondary N) is 2. The molecule has 164 valence electrons. The van der Waals surface area contributed by atoms with E-state index in [4.69, 9.17) is 0 Å². The number of rotatable bonds is 4. The van der Waals surface area contributed by atoms with E-state index in [0.717, 1.165) is 36.8 Å². The van der Waals surface area contributed by atoms with Gasteiger partial charge in [0.15, 0.2) is 0 Å². The molecule has 2 aliphatic rings. The molecule has 31 heavy (non-hydrogen) atoms. The molecular weight excluding hydrogens is 405 g/mol. The highest BCUT2D eigenvalue weighted by atomic mass is 19.4. The Balaban J connectivity index is 1.87. The number of hydrogen-bond acceptors (Lipinski definition) is 4. The maximum atomic E-state index is 14.2.